The minimum Gasteiger partial charge on any atom is -0.387 e. The van der Waals surface area contributed by atoms with E-state index in [2.05, 4.69) is 15.4 Å². The molecule has 6 heteroatoms. The Labute approximate surface area is 114 Å². The first kappa shape index (κ1) is 12.1. The minimum atomic E-state index is -0.543. The van der Waals surface area contributed by atoms with Crippen molar-refractivity contribution in [2.75, 3.05) is 11.9 Å². The number of aromatic nitrogens is 3. The van der Waals surface area contributed by atoms with Gasteiger partial charge in [-0.05, 0) is 40.9 Å². The summed E-state index contributed by atoms with van der Waals surface area (Å²) in [6, 6.07) is 5.84. The summed E-state index contributed by atoms with van der Waals surface area (Å²) in [5.74, 6) is 0.531. The lowest BCUT2D eigenvalue weighted by atomic mass is 10.2. The van der Waals surface area contributed by atoms with E-state index in [1.54, 1.807) is 15.9 Å². The zero-order valence-corrected chi connectivity index (χ0v) is 11.3. The van der Waals surface area contributed by atoms with Crippen LogP contribution in [0.5, 0.6) is 0 Å². The molecular weight excluding hydrogens is 260 g/mol. The molecule has 5 nitrogen and oxygen atoms in total. The van der Waals surface area contributed by atoms with Crippen LogP contribution in [0.4, 0.5) is 5.95 Å². The summed E-state index contributed by atoms with van der Waals surface area (Å²) in [5, 5.41) is 21.2. The third-order valence-electron chi connectivity index (χ3n) is 2.94. The number of fused-ring (bicyclic) bond motifs is 1. The largest absolute Gasteiger partial charge is 0.387 e. The Hall–Kier alpha value is -1.92. The topological polar surface area (TPSA) is 62.5 Å². The molecule has 98 valence electrons. The van der Waals surface area contributed by atoms with E-state index in [0.29, 0.717) is 12.5 Å². The fourth-order valence-electron chi connectivity index (χ4n) is 1.88. The van der Waals surface area contributed by atoms with Crippen molar-refractivity contribution in [2.45, 2.75) is 13.0 Å². The average molecular weight is 274 g/mol. The standard InChI is InChI=1S/C13H14N4OS/c1-9-3-2-5-17-12(9)15-13(16-17)14-7-11(18)10-4-6-19-8-10/h2-6,8,11,18H,7H2,1H3,(H,14,16). The van der Waals surface area contributed by atoms with Crippen LogP contribution in [0.25, 0.3) is 5.65 Å². The maximum atomic E-state index is 9.98. The lowest BCUT2D eigenvalue weighted by Crippen LogP contribution is -2.12. The van der Waals surface area contributed by atoms with Crippen LogP contribution in [0.1, 0.15) is 17.2 Å². The number of hydrogen-bond donors (Lipinski definition) is 2. The number of nitrogens with zero attached hydrogens (tertiary/aromatic N) is 3. The quantitative estimate of drug-likeness (QED) is 0.766. The molecule has 0 saturated heterocycles. The number of pyridine rings is 1. The Morgan fingerprint density at radius 3 is 3.11 bits per heavy atom. The van der Waals surface area contributed by atoms with Crippen molar-refractivity contribution in [1.29, 1.82) is 0 Å². The SMILES string of the molecule is Cc1cccn2nc(NCC(O)c3ccsc3)nc12. The van der Waals surface area contributed by atoms with Gasteiger partial charge in [0.25, 0.3) is 0 Å². The second-order valence-electron chi connectivity index (χ2n) is 4.35. The predicted octanol–water partition coefficient (Wildman–Crippen LogP) is 2.24. The summed E-state index contributed by atoms with van der Waals surface area (Å²) >= 11 is 1.57. The normalized spacial score (nSPS) is 12.7. The van der Waals surface area contributed by atoms with Crippen LogP contribution in [0.2, 0.25) is 0 Å². The highest BCUT2D eigenvalue weighted by molar-refractivity contribution is 7.07. The molecule has 1 unspecified atom stereocenters. The van der Waals surface area contributed by atoms with Gasteiger partial charge in [0.1, 0.15) is 0 Å². The number of hydrogen-bond acceptors (Lipinski definition) is 5. The molecule has 0 aliphatic rings. The molecule has 3 heterocycles. The second kappa shape index (κ2) is 4.99. The smallest absolute Gasteiger partial charge is 0.243 e. The fraction of sp³-hybridized carbons (Fsp3) is 0.231. The highest BCUT2D eigenvalue weighted by Gasteiger charge is 2.10. The minimum absolute atomic E-state index is 0.395. The summed E-state index contributed by atoms with van der Waals surface area (Å²) in [6.45, 7) is 2.39. The third kappa shape index (κ3) is 2.45. The Kier molecular flexibility index (Phi) is 3.18. The van der Waals surface area contributed by atoms with E-state index < -0.39 is 6.10 Å². The van der Waals surface area contributed by atoms with E-state index in [4.69, 9.17) is 0 Å². The van der Waals surface area contributed by atoms with Crippen LogP contribution < -0.4 is 5.32 Å². The van der Waals surface area contributed by atoms with Gasteiger partial charge in [0.05, 0.1) is 6.10 Å². The molecule has 19 heavy (non-hydrogen) atoms. The van der Waals surface area contributed by atoms with Crippen molar-refractivity contribution in [3.8, 4) is 0 Å². The highest BCUT2D eigenvalue weighted by Crippen LogP contribution is 2.17. The summed E-state index contributed by atoms with van der Waals surface area (Å²) in [5.41, 5.74) is 2.81. The summed E-state index contributed by atoms with van der Waals surface area (Å²) < 4.78 is 1.73. The maximum Gasteiger partial charge on any atom is 0.243 e. The molecule has 3 aromatic rings. The van der Waals surface area contributed by atoms with E-state index in [1.807, 2.05) is 42.1 Å². The van der Waals surface area contributed by atoms with Gasteiger partial charge in [0, 0.05) is 12.7 Å². The van der Waals surface area contributed by atoms with Gasteiger partial charge >= 0.3 is 0 Å². The van der Waals surface area contributed by atoms with Gasteiger partial charge in [-0.2, -0.15) is 16.3 Å². The fourth-order valence-corrected chi connectivity index (χ4v) is 2.59. The lowest BCUT2D eigenvalue weighted by molar-refractivity contribution is 0.192. The molecular formula is C13H14N4OS. The van der Waals surface area contributed by atoms with E-state index in [0.717, 1.165) is 16.8 Å². The molecule has 0 spiro atoms. The monoisotopic (exact) mass is 274 g/mol. The summed E-state index contributed by atoms with van der Waals surface area (Å²) in [7, 11) is 0. The van der Waals surface area contributed by atoms with Crippen molar-refractivity contribution in [3.05, 3.63) is 46.3 Å². The van der Waals surface area contributed by atoms with Crippen molar-refractivity contribution < 1.29 is 5.11 Å². The summed E-state index contributed by atoms with van der Waals surface area (Å²) in [6.07, 6.45) is 1.31. The Morgan fingerprint density at radius 2 is 2.37 bits per heavy atom. The van der Waals surface area contributed by atoms with E-state index in [1.165, 1.54) is 0 Å². The first-order valence-electron chi connectivity index (χ1n) is 6.00. The maximum absolute atomic E-state index is 9.98. The van der Waals surface area contributed by atoms with Gasteiger partial charge in [0.15, 0.2) is 5.65 Å². The first-order valence-corrected chi connectivity index (χ1v) is 6.94. The number of aliphatic hydroxyl groups is 1. The number of anilines is 1. The molecule has 3 aromatic heterocycles. The van der Waals surface area contributed by atoms with Gasteiger partial charge in [-0.1, -0.05) is 6.07 Å². The Bertz CT molecular complexity index is 677. The Morgan fingerprint density at radius 1 is 1.47 bits per heavy atom. The molecule has 0 aliphatic carbocycles. The lowest BCUT2D eigenvalue weighted by Gasteiger charge is -2.08. The van der Waals surface area contributed by atoms with Crippen LogP contribution in [-0.4, -0.2) is 26.2 Å². The van der Waals surface area contributed by atoms with Crippen LogP contribution in [0.15, 0.2) is 35.2 Å². The zero-order chi connectivity index (χ0) is 13.2. The van der Waals surface area contributed by atoms with Crippen molar-refractivity contribution in [1.82, 2.24) is 14.6 Å². The Balaban J connectivity index is 1.73. The molecule has 0 aromatic carbocycles. The number of aryl methyl sites for hydroxylation is 1. The van der Waals surface area contributed by atoms with Crippen molar-refractivity contribution >= 4 is 22.9 Å². The molecule has 0 aliphatic heterocycles. The molecule has 0 radical (unpaired) electrons. The van der Waals surface area contributed by atoms with Gasteiger partial charge in [0.2, 0.25) is 5.95 Å². The first-order chi connectivity index (χ1) is 9.24. The number of rotatable bonds is 4. The van der Waals surface area contributed by atoms with Crippen molar-refractivity contribution in [2.24, 2.45) is 0 Å². The summed E-state index contributed by atoms with van der Waals surface area (Å²) in [4.78, 5) is 4.40. The van der Waals surface area contributed by atoms with Crippen LogP contribution in [0.3, 0.4) is 0 Å². The molecule has 1 atom stereocenters. The molecule has 0 saturated carbocycles. The van der Waals surface area contributed by atoms with Gasteiger partial charge in [-0.25, -0.2) is 4.52 Å². The van der Waals surface area contributed by atoms with Gasteiger partial charge in [-0.15, -0.1) is 5.10 Å². The molecule has 2 N–H and O–H groups in total. The van der Waals surface area contributed by atoms with Crippen molar-refractivity contribution in [3.63, 3.8) is 0 Å². The predicted molar refractivity (Wildman–Crippen MR) is 75.5 cm³/mol. The van der Waals surface area contributed by atoms with Gasteiger partial charge < -0.3 is 10.4 Å². The van der Waals surface area contributed by atoms with E-state index in [-0.39, 0.29) is 0 Å². The number of aliphatic hydroxyl groups excluding tert-OH is 1. The third-order valence-corrected chi connectivity index (χ3v) is 3.64. The molecule has 0 fully saturated rings. The number of nitrogens with one attached hydrogen (secondary N) is 1. The van der Waals surface area contributed by atoms with E-state index in [9.17, 15) is 5.11 Å². The van der Waals surface area contributed by atoms with Gasteiger partial charge in [-0.3, -0.25) is 0 Å². The van der Waals surface area contributed by atoms with Crippen LogP contribution in [0, 0.1) is 6.92 Å². The average Bonchev–Trinajstić information content (AvgIpc) is 3.05. The highest BCUT2D eigenvalue weighted by atomic mass is 32.1. The van der Waals surface area contributed by atoms with Crippen LogP contribution in [-0.2, 0) is 0 Å². The van der Waals surface area contributed by atoms with E-state index >= 15 is 0 Å². The zero-order valence-electron chi connectivity index (χ0n) is 10.4. The molecule has 3 rings (SSSR count). The van der Waals surface area contributed by atoms with Crippen LogP contribution >= 0.6 is 11.3 Å². The second-order valence-corrected chi connectivity index (χ2v) is 5.13. The molecule has 0 bridgehead atoms. The molecule has 0 amide bonds. The number of thiophene rings is 1.